The molecule has 4 N–H and O–H groups in total. The van der Waals surface area contributed by atoms with Crippen molar-refractivity contribution in [1.29, 1.82) is 0 Å². The molecule has 1 aliphatic carbocycles. The molecule has 1 saturated carbocycles. The molecule has 2 aliphatic rings. The van der Waals surface area contributed by atoms with Gasteiger partial charge in [0.2, 0.25) is 17.6 Å². The van der Waals surface area contributed by atoms with Crippen LogP contribution in [0.25, 0.3) is 0 Å². The Hall–Kier alpha value is -4.49. The highest BCUT2D eigenvalue weighted by Gasteiger charge is 2.48. The number of benzene rings is 1. The molecule has 0 aromatic heterocycles. The molecule has 306 valence electrons. The van der Waals surface area contributed by atoms with E-state index in [1.807, 2.05) is 44.2 Å². The van der Waals surface area contributed by atoms with Gasteiger partial charge in [0.15, 0.2) is 0 Å². The zero-order chi connectivity index (χ0) is 41.2. The average molecular weight is 770 g/mol. The summed E-state index contributed by atoms with van der Waals surface area (Å²) in [5.74, 6) is -4.34. The lowest BCUT2D eigenvalue weighted by Crippen LogP contribution is -2.62. The Kier molecular flexibility index (Phi) is 15.8. The van der Waals surface area contributed by atoms with Crippen LogP contribution in [-0.4, -0.2) is 89.2 Å². The Labute approximate surface area is 326 Å². The first-order valence-electron chi connectivity index (χ1n) is 19.5. The highest BCUT2D eigenvalue weighted by atomic mass is 16.6. The minimum atomic E-state index is -1.12. The van der Waals surface area contributed by atoms with Crippen molar-refractivity contribution in [2.24, 2.45) is 29.1 Å². The van der Waals surface area contributed by atoms with Crippen molar-refractivity contribution >= 4 is 41.5 Å². The van der Waals surface area contributed by atoms with Gasteiger partial charge in [-0.25, -0.2) is 9.59 Å². The number of esters is 2. The van der Waals surface area contributed by atoms with E-state index in [-0.39, 0.29) is 56.2 Å². The first kappa shape index (κ1) is 44.9. The summed E-state index contributed by atoms with van der Waals surface area (Å²) in [6.07, 6.45) is 2.40. The highest BCUT2D eigenvalue weighted by molar-refractivity contribution is 6.38. The molecule has 14 nitrogen and oxygen atoms in total. The van der Waals surface area contributed by atoms with Gasteiger partial charge in [0.25, 0.3) is 5.91 Å². The molecule has 55 heavy (non-hydrogen) atoms. The number of hydrogen-bond acceptors (Lipinski definition) is 9. The topological polar surface area (TPSA) is 189 Å². The zero-order valence-corrected chi connectivity index (χ0v) is 34.3. The smallest absolute Gasteiger partial charge is 0.329 e. The van der Waals surface area contributed by atoms with Gasteiger partial charge in [-0.1, -0.05) is 91.6 Å². The summed E-state index contributed by atoms with van der Waals surface area (Å²) in [5.41, 5.74) is -0.703. The number of urea groups is 1. The predicted octanol–water partition coefficient (Wildman–Crippen LogP) is 4.04. The standard InChI is InChI=1S/C41H63N5O9/c1-24(2)28-19-21-46(32(28)35(49)43-29(22-26-16-17-26)33(48)36(50)42-20-18-30(47)55-41(8,9)10)37(51)34(40(5,6)7)45-39(53)44-31(25(3)4)38(52)54-23-27-14-12-11-13-15-27/h11-15,24-26,28-29,31-32,34H,16-23H2,1-10H3,(H,42,50)(H,43,49)(H2,44,45,53)/t28-,29+,31+,32+,34-/m1/s1. The van der Waals surface area contributed by atoms with Crippen LogP contribution in [0.4, 0.5) is 4.79 Å². The van der Waals surface area contributed by atoms with Crippen LogP contribution in [0.3, 0.4) is 0 Å². The van der Waals surface area contributed by atoms with E-state index in [0.29, 0.717) is 6.42 Å². The lowest BCUT2D eigenvalue weighted by Gasteiger charge is -2.37. The number of carbonyl (C=O) groups excluding carboxylic acids is 7. The molecule has 1 saturated heterocycles. The van der Waals surface area contributed by atoms with Crippen LogP contribution in [0, 0.1) is 29.1 Å². The van der Waals surface area contributed by atoms with Gasteiger partial charge in [-0.05, 0) is 68.3 Å². The van der Waals surface area contributed by atoms with Gasteiger partial charge in [0.1, 0.15) is 30.3 Å². The number of ketones is 1. The monoisotopic (exact) mass is 769 g/mol. The third kappa shape index (κ3) is 13.9. The van der Waals surface area contributed by atoms with Crippen LogP contribution >= 0.6 is 0 Å². The summed E-state index contributed by atoms with van der Waals surface area (Å²) < 4.78 is 10.8. The third-order valence-electron chi connectivity index (χ3n) is 9.83. The molecule has 5 amide bonds. The number of nitrogens with one attached hydrogen (secondary N) is 4. The van der Waals surface area contributed by atoms with Gasteiger partial charge in [-0.3, -0.25) is 24.0 Å². The van der Waals surface area contributed by atoms with Crippen molar-refractivity contribution in [3.8, 4) is 0 Å². The molecule has 1 aromatic rings. The maximum absolute atomic E-state index is 14.4. The summed E-state index contributed by atoms with van der Waals surface area (Å²) in [4.78, 5) is 95.2. The first-order valence-corrected chi connectivity index (χ1v) is 19.5. The van der Waals surface area contributed by atoms with E-state index in [1.54, 1.807) is 55.4 Å². The summed E-state index contributed by atoms with van der Waals surface area (Å²) in [6.45, 7) is 18.2. The number of carbonyl (C=O) groups is 7. The van der Waals surface area contributed by atoms with Gasteiger partial charge < -0.3 is 35.6 Å². The molecule has 0 unspecified atom stereocenters. The second-order valence-corrected chi connectivity index (χ2v) is 17.6. The van der Waals surface area contributed by atoms with E-state index in [1.165, 1.54) is 4.90 Å². The average Bonchev–Trinajstić information content (AvgIpc) is 3.79. The van der Waals surface area contributed by atoms with Crippen molar-refractivity contribution in [2.75, 3.05) is 13.1 Å². The second-order valence-electron chi connectivity index (χ2n) is 17.6. The summed E-state index contributed by atoms with van der Waals surface area (Å²) in [6, 6.07) is 4.25. The van der Waals surface area contributed by atoms with Crippen molar-refractivity contribution in [2.45, 2.75) is 138 Å². The molecule has 1 heterocycles. The summed E-state index contributed by atoms with van der Waals surface area (Å²) in [7, 11) is 0. The molecule has 2 fully saturated rings. The fourth-order valence-corrected chi connectivity index (χ4v) is 6.63. The van der Waals surface area contributed by atoms with Crippen LogP contribution in [0.5, 0.6) is 0 Å². The Morgan fingerprint density at radius 2 is 1.49 bits per heavy atom. The van der Waals surface area contributed by atoms with Crippen molar-refractivity contribution < 1.29 is 43.0 Å². The second kappa shape index (κ2) is 19.4. The highest BCUT2D eigenvalue weighted by Crippen LogP contribution is 2.35. The molecule has 5 atom stereocenters. The maximum atomic E-state index is 14.4. The van der Waals surface area contributed by atoms with E-state index in [4.69, 9.17) is 9.47 Å². The molecule has 1 aromatic carbocycles. The molecule has 0 spiro atoms. The Morgan fingerprint density at radius 3 is 2.04 bits per heavy atom. The number of hydrogen-bond donors (Lipinski definition) is 4. The van der Waals surface area contributed by atoms with Crippen LogP contribution in [0.2, 0.25) is 0 Å². The minimum absolute atomic E-state index is 0.0136. The van der Waals surface area contributed by atoms with E-state index < -0.39 is 76.7 Å². The van der Waals surface area contributed by atoms with E-state index in [9.17, 15) is 33.6 Å². The molecular formula is C41H63N5O9. The molecule has 1 aliphatic heterocycles. The Balaban J connectivity index is 1.75. The van der Waals surface area contributed by atoms with Gasteiger partial charge in [-0.2, -0.15) is 0 Å². The van der Waals surface area contributed by atoms with Crippen LogP contribution in [0.1, 0.15) is 107 Å². The van der Waals surface area contributed by atoms with Gasteiger partial charge in [-0.15, -0.1) is 0 Å². The van der Waals surface area contributed by atoms with Gasteiger partial charge in [0, 0.05) is 13.1 Å². The molecular weight excluding hydrogens is 706 g/mol. The van der Waals surface area contributed by atoms with E-state index in [2.05, 4.69) is 21.3 Å². The minimum Gasteiger partial charge on any atom is -0.460 e. The number of rotatable bonds is 17. The predicted molar refractivity (Wildman–Crippen MR) is 206 cm³/mol. The third-order valence-corrected chi connectivity index (χ3v) is 9.83. The largest absolute Gasteiger partial charge is 0.460 e. The summed E-state index contributed by atoms with van der Waals surface area (Å²) >= 11 is 0. The Morgan fingerprint density at radius 1 is 0.855 bits per heavy atom. The van der Waals surface area contributed by atoms with Crippen molar-refractivity contribution in [3.63, 3.8) is 0 Å². The lowest BCUT2D eigenvalue weighted by atomic mass is 9.84. The zero-order valence-electron chi connectivity index (χ0n) is 34.3. The fourth-order valence-electron chi connectivity index (χ4n) is 6.63. The van der Waals surface area contributed by atoms with E-state index in [0.717, 1.165) is 18.4 Å². The number of Topliss-reactive ketones (excluding diaryl/α,β-unsaturated/α-hetero) is 1. The van der Waals surface area contributed by atoms with Crippen LogP contribution in [0.15, 0.2) is 30.3 Å². The number of amides is 5. The fraction of sp³-hybridized carbons (Fsp3) is 0.683. The number of nitrogens with zero attached hydrogens (tertiary/aromatic N) is 1. The molecule has 14 heteroatoms. The van der Waals surface area contributed by atoms with E-state index >= 15 is 0 Å². The van der Waals surface area contributed by atoms with Gasteiger partial charge >= 0.3 is 18.0 Å². The maximum Gasteiger partial charge on any atom is 0.329 e. The lowest BCUT2D eigenvalue weighted by molar-refractivity contribution is -0.155. The SMILES string of the molecule is CC(C)[C@H](NC(=O)N[C@H](C(=O)N1CC[C@H](C(C)C)[C@H]1C(=O)N[C@@H](CC1CC1)C(=O)C(=O)NCCC(=O)OC(C)(C)C)C(C)(C)C)C(=O)OCc1ccccc1. The summed E-state index contributed by atoms with van der Waals surface area (Å²) in [5, 5.41) is 10.8. The molecule has 0 radical (unpaired) electrons. The first-order chi connectivity index (χ1) is 25.6. The quantitative estimate of drug-likeness (QED) is 0.134. The number of ether oxygens (including phenoxy) is 2. The van der Waals surface area contributed by atoms with Crippen molar-refractivity contribution in [3.05, 3.63) is 35.9 Å². The van der Waals surface area contributed by atoms with Crippen LogP contribution < -0.4 is 21.3 Å². The Bertz CT molecular complexity index is 1530. The molecule has 3 rings (SSSR count). The molecule has 0 bridgehead atoms. The normalized spacial score (nSPS) is 18.9. The van der Waals surface area contributed by atoms with Crippen molar-refractivity contribution in [1.82, 2.24) is 26.2 Å². The van der Waals surface area contributed by atoms with Crippen LogP contribution in [-0.2, 0) is 44.8 Å². The van der Waals surface area contributed by atoms with Gasteiger partial charge in [0.05, 0.1) is 12.5 Å². The number of likely N-dealkylation sites (tertiary alicyclic amines) is 1.